The van der Waals surface area contributed by atoms with Crippen LogP contribution in [0.3, 0.4) is 0 Å². The number of hydrogen-bond donors (Lipinski definition) is 1. The topological polar surface area (TPSA) is 63.4 Å². The molecular weight excluding hydrogens is 319 g/mol. The lowest BCUT2D eigenvalue weighted by Gasteiger charge is -2.20. The Morgan fingerprint density at radius 3 is 2.15 bits per heavy atom. The van der Waals surface area contributed by atoms with Gasteiger partial charge in [-0.05, 0) is 17.7 Å². The number of halogens is 2. The van der Waals surface area contributed by atoms with Gasteiger partial charge in [-0.1, -0.05) is 35.4 Å². The highest BCUT2D eigenvalue weighted by Crippen LogP contribution is 2.30. The van der Waals surface area contributed by atoms with Gasteiger partial charge in [0.25, 0.3) is 0 Å². The molecule has 0 amide bonds. The lowest BCUT2D eigenvalue weighted by Crippen LogP contribution is -2.31. The Bertz CT molecular complexity index is 605. The molecule has 4 nitrogen and oxygen atoms in total. The molecule has 0 spiro atoms. The maximum Gasteiger partial charge on any atom is 0.245 e. The molecule has 2 N–H and O–H groups in total. The summed E-state index contributed by atoms with van der Waals surface area (Å²) in [5.74, 6) is 0. The van der Waals surface area contributed by atoms with Crippen LogP contribution in [0.4, 0.5) is 0 Å². The molecule has 0 fully saturated rings. The number of rotatable bonds is 7. The average Bonchev–Trinajstić information content (AvgIpc) is 2.38. The largest absolute Gasteiger partial charge is 0.326 e. The van der Waals surface area contributed by atoms with Gasteiger partial charge in [0.05, 0.1) is 5.02 Å². The third kappa shape index (κ3) is 3.62. The van der Waals surface area contributed by atoms with E-state index in [0.29, 0.717) is 10.6 Å². The lowest BCUT2D eigenvalue weighted by atomic mass is 10.2. The van der Waals surface area contributed by atoms with Crippen LogP contribution in [-0.2, 0) is 16.6 Å². The van der Waals surface area contributed by atoms with E-state index in [1.165, 1.54) is 28.6 Å². The summed E-state index contributed by atoms with van der Waals surface area (Å²) in [4.78, 5) is -0.0206. The highest BCUT2D eigenvalue weighted by atomic mass is 35.5. The molecule has 0 bridgehead atoms. The van der Waals surface area contributed by atoms with E-state index in [-0.39, 0.29) is 29.6 Å². The van der Waals surface area contributed by atoms with Gasteiger partial charge >= 0.3 is 0 Å². The number of sulfonamides is 1. The molecule has 0 aliphatic heterocycles. The van der Waals surface area contributed by atoms with E-state index >= 15 is 0 Å². The van der Waals surface area contributed by atoms with Crippen molar-refractivity contribution in [3.05, 3.63) is 53.1 Å². The first-order valence-electron chi connectivity index (χ1n) is 5.78. The van der Waals surface area contributed by atoms with Crippen molar-refractivity contribution in [2.45, 2.75) is 11.4 Å². The maximum atomic E-state index is 12.6. The van der Waals surface area contributed by atoms with Crippen LogP contribution in [0.5, 0.6) is 0 Å². The predicted octanol–water partition coefficient (Wildman–Crippen LogP) is 2.81. The maximum absolute atomic E-state index is 12.6. The fourth-order valence-electron chi connectivity index (χ4n) is 1.62. The quantitative estimate of drug-likeness (QED) is 0.780. The minimum Gasteiger partial charge on any atom is -0.326 e. The van der Waals surface area contributed by atoms with E-state index < -0.39 is 10.0 Å². The molecule has 0 saturated carbocycles. The van der Waals surface area contributed by atoms with E-state index in [4.69, 9.17) is 28.9 Å². The molecule has 0 aromatic heterocycles. The first-order valence-corrected chi connectivity index (χ1v) is 7.98. The second kappa shape index (κ2) is 7.24. The highest BCUT2D eigenvalue weighted by Gasteiger charge is 2.26. The summed E-state index contributed by atoms with van der Waals surface area (Å²) in [7, 11) is -3.76. The minimum absolute atomic E-state index is 0.0206. The predicted molar refractivity (Wildman–Crippen MR) is 83.5 cm³/mol. The van der Waals surface area contributed by atoms with E-state index in [1.54, 1.807) is 0 Å². The summed E-state index contributed by atoms with van der Waals surface area (Å²) < 4.78 is 26.4. The molecule has 0 atom stereocenters. The van der Waals surface area contributed by atoms with E-state index in [2.05, 4.69) is 13.2 Å². The molecule has 20 heavy (non-hydrogen) atoms. The zero-order valence-corrected chi connectivity index (χ0v) is 13.2. The molecule has 0 radical (unpaired) electrons. The Balaban J connectivity index is 3.39. The third-order valence-corrected chi connectivity index (χ3v) is 5.25. The molecule has 0 unspecified atom stereocenters. The molecule has 0 aliphatic carbocycles. The van der Waals surface area contributed by atoms with Crippen LogP contribution >= 0.6 is 23.2 Å². The van der Waals surface area contributed by atoms with Crippen LogP contribution in [0, 0.1) is 0 Å². The summed E-state index contributed by atoms with van der Waals surface area (Å²) in [6.07, 6.45) is 2.99. The smallest absolute Gasteiger partial charge is 0.245 e. The van der Waals surface area contributed by atoms with Gasteiger partial charge in [-0.3, -0.25) is 0 Å². The number of hydrogen-bond acceptors (Lipinski definition) is 3. The summed E-state index contributed by atoms with van der Waals surface area (Å²) in [6.45, 7) is 7.53. The molecule has 1 rings (SSSR count). The third-order valence-electron chi connectivity index (χ3n) is 2.60. The molecule has 110 valence electrons. The van der Waals surface area contributed by atoms with Gasteiger partial charge in [-0.25, -0.2) is 8.42 Å². The first-order chi connectivity index (χ1) is 9.38. The summed E-state index contributed by atoms with van der Waals surface area (Å²) in [5.41, 5.74) is 6.06. The number of benzene rings is 1. The summed E-state index contributed by atoms with van der Waals surface area (Å²) in [6, 6.07) is 2.79. The van der Waals surface area contributed by atoms with E-state index in [0.717, 1.165) is 0 Å². The van der Waals surface area contributed by atoms with E-state index in [9.17, 15) is 8.42 Å². The van der Waals surface area contributed by atoms with Crippen molar-refractivity contribution < 1.29 is 8.42 Å². The first kappa shape index (κ1) is 17.2. The van der Waals surface area contributed by atoms with Crippen molar-refractivity contribution in [1.82, 2.24) is 4.31 Å². The molecule has 1 aromatic rings. The fourth-order valence-corrected chi connectivity index (χ4v) is 3.85. The monoisotopic (exact) mass is 334 g/mol. The van der Waals surface area contributed by atoms with Crippen molar-refractivity contribution in [2.75, 3.05) is 13.1 Å². The molecule has 0 aliphatic rings. The van der Waals surface area contributed by atoms with Crippen LogP contribution in [0.15, 0.2) is 42.3 Å². The Labute approximate surface area is 129 Å². The zero-order valence-electron chi connectivity index (χ0n) is 10.9. The van der Waals surface area contributed by atoms with Gasteiger partial charge in [0.15, 0.2) is 0 Å². The standard InChI is InChI=1S/C13H16Cl2N2O2S/c1-3-5-17(6-4-2)20(18,19)13-7-10(9-16)11(14)8-12(13)15/h3-4,7-8H,1-2,5-6,9,16H2. The number of nitrogens with two attached hydrogens (primary N) is 1. The second-order valence-corrected chi connectivity index (χ2v) is 6.70. The Hall–Kier alpha value is -0.850. The lowest BCUT2D eigenvalue weighted by molar-refractivity contribution is 0.474. The molecular formula is C13H16Cl2N2O2S. The fraction of sp³-hybridized carbons (Fsp3) is 0.231. The SMILES string of the molecule is C=CCN(CC=C)S(=O)(=O)c1cc(CN)c(Cl)cc1Cl. The molecule has 0 saturated heterocycles. The number of nitrogens with zero attached hydrogens (tertiary/aromatic N) is 1. The van der Waals surface area contributed by atoms with Crippen LogP contribution < -0.4 is 5.73 Å². The van der Waals surface area contributed by atoms with Crippen LogP contribution in [0.25, 0.3) is 0 Å². The van der Waals surface area contributed by atoms with Crippen molar-refractivity contribution in [2.24, 2.45) is 5.73 Å². The van der Waals surface area contributed by atoms with Crippen LogP contribution in [-0.4, -0.2) is 25.8 Å². The highest BCUT2D eigenvalue weighted by molar-refractivity contribution is 7.89. The van der Waals surface area contributed by atoms with Gasteiger partial charge in [0, 0.05) is 24.7 Å². The molecule has 1 aromatic carbocycles. The normalized spacial score (nSPS) is 11.6. The van der Waals surface area contributed by atoms with Crippen LogP contribution in [0.1, 0.15) is 5.56 Å². The Kier molecular flexibility index (Phi) is 6.23. The Morgan fingerprint density at radius 2 is 1.70 bits per heavy atom. The van der Waals surface area contributed by atoms with Gasteiger partial charge < -0.3 is 5.73 Å². The molecule has 0 heterocycles. The van der Waals surface area contributed by atoms with Gasteiger partial charge in [-0.15, -0.1) is 13.2 Å². The van der Waals surface area contributed by atoms with Crippen LogP contribution in [0.2, 0.25) is 10.0 Å². The Morgan fingerprint density at radius 1 is 1.15 bits per heavy atom. The van der Waals surface area contributed by atoms with Crippen molar-refractivity contribution in [1.29, 1.82) is 0 Å². The zero-order chi connectivity index (χ0) is 15.3. The average molecular weight is 335 g/mol. The van der Waals surface area contributed by atoms with Gasteiger partial charge in [0.2, 0.25) is 10.0 Å². The summed E-state index contributed by atoms with van der Waals surface area (Å²) >= 11 is 12.0. The summed E-state index contributed by atoms with van der Waals surface area (Å²) in [5, 5.41) is 0.403. The van der Waals surface area contributed by atoms with E-state index in [1.807, 2.05) is 0 Å². The minimum atomic E-state index is -3.76. The second-order valence-electron chi connectivity index (χ2n) is 3.98. The van der Waals surface area contributed by atoms with Gasteiger partial charge in [-0.2, -0.15) is 4.31 Å². The van der Waals surface area contributed by atoms with Crippen molar-refractivity contribution in [3.8, 4) is 0 Å². The van der Waals surface area contributed by atoms with Crippen molar-refractivity contribution in [3.63, 3.8) is 0 Å². The van der Waals surface area contributed by atoms with Gasteiger partial charge in [0.1, 0.15) is 4.90 Å². The van der Waals surface area contributed by atoms with Crippen molar-refractivity contribution >= 4 is 33.2 Å². The molecule has 7 heteroatoms.